The highest BCUT2D eigenvalue weighted by atomic mass is 15.3. The van der Waals surface area contributed by atoms with Gasteiger partial charge in [0, 0.05) is 31.7 Å². The lowest BCUT2D eigenvalue weighted by molar-refractivity contribution is 0.152. The van der Waals surface area contributed by atoms with Gasteiger partial charge in [-0.05, 0) is 5.41 Å². The Balaban J connectivity index is 2.10. The molecule has 4 nitrogen and oxygen atoms in total. The third-order valence-corrected chi connectivity index (χ3v) is 2.95. The molecule has 0 saturated carbocycles. The highest BCUT2D eigenvalue weighted by Crippen LogP contribution is 2.21. The molecule has 1 aromatic heterocycles. The molecule has 1 aliphatic rings. The summed E-state index contributed by atoms with van der Waals surface area (Å²) in [6, 6.07) is 0. The first-order valence-corrected chi connectivity index (χ1v) is 5.95. The molecule has 2 rings (SSSR count). The van der Waals surface area contributed by atoms with Crippen molar-refractivity contribution in [2.75, 3.05) is 13.1 Å². The molecular formula is C12H22N4. The van der Waals surface area contributed by atoms with E-state index in [1.54, 1.807) is 0 Å². The fourth-order valence-electron chi connectivity index (χ4n) is 2.33. The minimum absolute atomic E-state index is 0.352. The fraction of sp³-hybridized carbons (Fsp3) is 0.750. The second-order valence-electron chi connectivity index (χ2n) is 5.82. The van der Waals surface area contributed by atoms with Crippen molar-refractivity contribution in [2.45, 2.75) is 40.4 Å². The zero-order chi connectivity index (χ0) is 11.8. The van der Waals surface area contributed by atoms with E-state index >= 15 is 0 Å². The van der Waals surface area contributed by atoms with Gasteiger partial charge < -0.3 is 5.73 Å². The first kappa shape index (κ1) is 11.6. The molecule has 0 radical (unpaired) electrons. The summed E-state index contributed by atoms with van der Waals surface area (Å²) in [5, 5.41) is 4.37. The Morgan fingerprint density at radius 2 is 2.12 bits per heavy atom. The smallest absolute Gasteiger partial charge is 0.0569 e. The molecule has 2 N–H and O–H groups in total. The number of aromatic nitrogens is 2. The van der Waals surface area contributed by atoms with Gasteiger partial charge in [-0.1, -0.05) is 20.8 Å². The number of nitrogens with zero attached hydrogens (tertiary/aromatic N) is 3. The Morgan fingerprint density at radius 3 is 2.75 bits per heavy atom. The quantitative estimate of drug-likeness (QED) is 0.818. The molecule has 2 heterocycles. The normalized spacial score (nSPS) is 17.5. The summed E-state index contributed by atoms with van der Waals surface area (Å²) in [6.07, 6.45) is 1.91. The zero-order valence-electron chi connectivity index (χ0n) is 10.5. The summed E-state index contributed by atoms with van der Waals surface area (Å²) in [6.45, 7) is 11.6. The Kier molecular flexibility index (Phi) is 3.04. The molecule has 16 heavy (non-hydrogen) atoms. The molecule has 1 aromatic rings. The predicted molar refractivity (Wildman–Crippen MR) is 64.9 cm³/mol. The summed E-state index contributed by atoms with van der Waals surface area (Å²) in [4.78, 5) is 2.50. The van der Waals surface area contributed by atoms with E-state index in [9.17, 15) is 0 Å². The van der Waals surface area contributed by atoms with E-state index in [4.69, 9.17) is 5.73 Å². The van der Waals surface area contributed by atoms with E-state index in [-0.39, 0.29) is 0 Å². The first-order valence-electron chi connectivity index (χ1n) is 5.95. The van der Waals surface area contributed by atoms with E-state index in [2.05, 4.69) is 35.5 Å². The maximum atomic E-state index is 5.72. The van der Waals surface area contributed by atoms with E-state index in [0.29, 0.717) is 12.0 Å². The van der Waals surface area contributed by atoms with E-state index in [1.165, 1.54) is 11.3 Å². The van der Waals surface area contributed by atoms with Crippen molar-refractivity contribution in [3.8, 4) is 0 Å². The molecule has 0 amide bonds. The van der Waals surface area contributed by atoms with Gasteiger partial charge in [-0.3, -0.25) is 9.58 Å². The molecule has 90 valence electrons. The van der Waals surface area contributed by atoms with Crippen LogP contribution in [-0.4, -0.2) is 27.8 Å². The number of fused-ring (bicyclic) bond motifs is 1. The summed E-state index contributed by atoms with van der Waals surface area (Å²) in [7, 11) is 0. The molecule has 0 bridgehead atoms. The minimum atomic E-state index is 0.352. The number of rotatable bonds is 2. The van der Waals surface area contributed by atoms with Crippen molar-refractivity contribution in [1.82, 2.24) is 14.7 Å². The van der Waals surface area contributed by atoms with Crippen LogP contribution in [0.1, 0.15) is 32.0 Å². The highest BCUT2D eigenvalue weighted by molar-refractivity contribution is 5.18. The number of nitrogens with two attached hydrogens (primary N) is 1. The third-order valence-electron chi connectivity index (χ3n) is 2.95. The van der Waals surface area contributed by atoms with Gasteiger partial charge >= 0.3 is 0 Å². The van der Waals surface area contributed by atoms with Crippen molar-refractivity contribution in [1.29, 1.82) is 0 Å². The van der Waals surface area contributed by atoms with E-state index < -0.39 is 0 Å². The number of hydrogen-bond donors (Lipinski definition) is 1. The molecule has 0 spiro atoms. The third kappa shape index (κ3) is 2.44. The molecule has 4 heteroatoms. The van der Waals surface area contributed by atoms with Crippen LogP contribution in [0.4, 0.5) is 0 Å². The molecular weight excluding hydrogens is 200 g/mol. The van der Waals surface area contributed by atoms with Gasteiger partial charge in [-0.15, -0.1) is 0 Å². The van der Waals surface area contributed by atoms with Gasteiger partial charge in [0.25, 0.3) is 0 Å². The van der Waals surface area contributed by atoms with Crippen molar-refractivity contribution >= 4 is 0 Å². The van der Waals surface area contributed by atoms with Crippen LogP contribution < -0.4 is 5.73 Å². The molecule has 0 atom stereocenters. The van der Waals surface area contributed by atoms with Gasteiger partial charge in [0.15, 0.2) is 0 Å². The maximum absolute atomic E-state index is 5.72. The predicted octanol–water partition coefficient (Wildman–Crippen LogP) is 1.20. The summed E-state index contributed by atoms with van der Waals surface area (Å²) < 4.78 is 2.10. The minimum Gasteiger partial charge on any atom is -0.326 e. The van der Waals surface area contributed by atoms with Crippen molar-refractivity contribution < 1.29 is 0 Å². The van der Waals surface area contributed by atoms with Crippen molar-refractivity contribution in [3.63, 3.8) is 0 Å². The van der Waals surface area contributed by atoms with Crippen LogP contribution in [0.3, 0.4) is 0 Å². The first-order chi connectivity index (χ1) is 7.49. The van der Waals surface area contributed by atoms with Gasteiger partial charge in [-0.25, -0.2) is 0 Å². The zero-order valence-corrected chi connectivity index (χ0v) is 10.5. The molecule has 0 fully saturated rings. The molecule has 0 aliphatic carbocycles. The second-order valence-corrected chi connectivity index (χ2v) is 5.82. The van der Waals surface area contributed by atoms with E-state index in [0.717, 1.165) is 26.2 Å². The van der Waals surface area contributed by atoms with Crippen LogP contribution in [0.25, 0.3) is 0 Å². The van der Waals surface area contributed by atoms with E-state index in [1.807, 2.05) is 6.20 Å². The topological polar surface area (TPSA) is 47.1 Å². The molecule has 0 unspecified atom stereocenters. The maximum Gasteiger partial charge on any atom is 0.0569 e. The SMILES string of the molecule is CC(C)(C)CN1CCn2ncc(CN)c2C1. The van der Waals surface area contributed by atoms with Crippen molar-refractivity contribution in [2.24, 2.45) is 11.1 Å². The summed E-state index contributed by atoms with van der Waals surface area (Å²) in [5.41, 5.74) is 8.57. The van der Waals surface area contributed by atoms with Crippen molar-refractivity contribution in [3.05, 3.63) is 17.5 Å². The Morgan fingerprint density at radius 1 is 1.38 bits per heavy atom. The summed E-state index contributed by atoms with van der Waals surface area (Å²) >= 11 is 0. The van der Waals surface area contributed by atoms with Gasteiger partial charge in [0.2, 0.25) is 0 Å². The molecule has 0 saturated heterocycles. The molecule has 0 aromatic carbocycles. The standard InChI is InChI=1S/C12H22N4/c1-12(2,3)9-15-4-5-16-11(8-15)10(6-13)7-14-16/h7H,4-6,8-9,13H2,1-3H3. The Hall–Kier alpha value is -0.870. The van der Waals surface area contributed by atoms with Crippen LogP contribution >= 0.6 is 0 Å². The lowest BCUT2D eigenvalue weighted by Crippen LogP contribution is -2.39. The van der Waals surface area contributed by atoms with Crippen LogP contribution in [0, 0.1) is 5.41 Å². The van der Waals surface area contributed by atoms with Crippen LogP contribution in [0.5, 0.6) is 0 Å². The lowest BCUT2D eigenvalue weighted by atomic mass is 9.95. The second kappa shape index (κ2) is 4.18. The summed E-state index contributed by atoms with van der Waals surface area (Å²) in [5.74, 6) is 0. The van der Waals surface area contributed by atoms with Gasteiger partial charge in [0.1, 0.15) is 0 Å². The van der Waals surface area contributed by atoms with Crippen LogP contribution in [-0.2, 0) is 19.6 Å². The van der Waals surface area contributed by atoms with Gasteiger partial charge in [0.05, 0.1) is 18.4 Å². The monoisotopic (exact) mass is 222 g/mol. The number of hydrogen-bond acceptors (Lipinski definition) is 3. The molecule has 1 aliphatic heterocycles. The largest absolute Gasteiger partial charge is 0.326 e. The average Bonchev–Trinajstić information content (AvgIpc) is 2.57. The van der Waals surface area contributed by atoms with Crippen LogP contribution in [0.15, 0.2) is 6.20 Å². The Bertz CT molecular complexity index is 348. The fourth-order valence-corrected chi connectivity index (χ4v) is 2.33. The Labute approximate surface area is 97.4 Å². The van der Waals surface area contributed by atoms with Crippen LogP contribution in [0.2, 0.25) is 0 Å². The lowest BCUT2D eigenvalue weighted by Gasteiger charge is -2.33. The average molecular weight is 222 g/mol. The highest BCUT2D eigenvalue weighted by Gasteiger charge is 2.23. The van der Waals surface area contributed by atoms with Gasteiger partial charge in [-0.2, -0.15) is 5.10 Å².